The predicted octanol–water partition coefficient (Wildman–Crippen LogP) is 1.67. The molecule has 3 heterocycles. The molecule has 1 fully saturated rings. The topological polar surface area (TPSA) is 113 Å². The molecule has 1 aromatic carbocycles. The van der Waals surface area contributed by atoms with E-state index in [0.717, 1.165) is 6.42 Å². The van der Waals surface area contributed by atoms with Gasteiger partial charge in [0.1, 0.15) is 17.4 Å². The van der Waals surface area contributed by atoms with E-state index >= 15 is 0 Å². The Morgan fingerprint density at radius 2 is 1.97 bits per heavy atom. The van der Waals surface area contributed by atoms with Gasteiger partial charge in [-0.15, -0.1) is 0 Å². The molecule has 1 N–H and O–H groups in total. The lowest BCUT2D eigenvalue weighted by molar-refractivity contribution is 0.222. The Hall–Kier alpha value is -3.20. The number of piperazine rings is 1. The van der Waals surface area contributed by atoms with Crippen LogP contribution < -0.4 is 10.3 Å². The summed E-state index contributed by atoms with van der Waals surface area (Å²) >= 11 is 0. The molecule has 1 aliphatic rings. The molecule has 2 aromatic heterocycles. The second kappa shape index (κ2) is 8.97. The highest BCUT2D eigenvalue weighted by atomic mass is 32.2. The normalized spacial score (nSPS) is 15.6. The van der Waals surface area contributed by atoms with Crippen molar-refractivity contribution in [1.29, 1.82) is 0 Å². The number of aromatic nitrogens is 4. The van der Waals surface area contributed by atoms with Gasteiger partial charge in [0.2, 0.25) is 10.0 Å². The third-order valence-electron chi connectivity index (χ3n) is 5.72. The van der Waals surface area contributed by atoms with E-state index in [2.05, 4.69) is 26.1 Å². The summed E-state index contributed by atoms with van der Waals surface area (Å²) in [4.78, 5) is 22.4. The van der Waals surface area contributed by atoms with Crippen molar-refractivity contribution in [2.75, 3.05) is 33.2 Å². The van der Waals surface area contributed by atoms with E-state index in [1.807, 2.05) is 14.0 Å². The maximum Gasteiger partial charge on any atom is 0.277 e. The highest BCUT2D eigenvalue weighted by Gasteiger charge is 2.29. The summed E-state index contributed by atoms with van der Waals surface area (Å²) in [6.45, 7) is 4.11. The highest BCUT2D eigenvalue weighted by Crippen LogP contribution is 2.32. The first kappa shape index (κ1) is 23.0. The number of ether oxygens (including phenoxy) is 1. The zero-order valence-corrected chi connectivity index (χ0v) is 19.6. The average Bonchev–Trinajstić information content (AvgIpc) is 3.10. The third-order valence-corrected chi connectivity index (χ3v) is 7.62. The van der Waals surface area contributed by atoms with Gasteiger partial charge in [-0.25, -0.2) is 13.4 Å². The first-order chi connectivity index (χ1) is 15.8. The molecule has 10 nitrogen and oxygen atoms in total. The van der Waals surface area contributed by atoms with Crippen LogP contribution in [-0.4, -0.2) is 70.6 Å². The van der Waals surface area contributed by atoms with Crippen molar-refractivity contribution >= 4 is 21.1 Å². The minimum Gasteiger partial charge on any atom is -0.407 e. The zero-order valence-electron chi connectivity index (χ0n) is 18.8. The Morgan fingerprint density at radius 1 is 1.24 bits per heavy atom. The van der Waals surface area contributed by atoms with Gasteiger partial charge in [-0.3, -0.25) is 9.48 Å². The van der Waals surface area contributed by atoms with Crippen LogP contribution in [-0.2, 0) is 23.5 Å². The number of aromatic amines is 1. The number of hydrogen-bond acceptors (Lipinski definition) is 7. The Kier molecular flexibility index (Phi) is 6.25. The summed E-state index contributed by atoms with van der Waals surface area (Å²) in [5, 5.41) is 4.42. The summed E-state index contributed by atoms with van der Waals surface area (Å²) in [6, 6.07) is 4.38. The zero-order chi connectivity index (χ0) is 23.8. The molecule has 0 spiro atoms. The van der Waals surface area contributed by atoms with Crippen LogP contribution in [0.1, 0.15) is 21.9 Å². The Bertz CT molecular complexity index is 1410. The lowest BCUT2D eigenvalue weighted by atomic mass is 10.1. The lowest BCUT2D eigenvalue weighted by Gasteiger charge is -2.31. The quantitative estimate of drug-likeness (QED) is 0.541. The van der Waals surface area contributed by atoms with E-state index in [1.54, 1.807) is 7.05 Å². The standard InChI is InChI=1S/C22H26N6O4S.2H2/c1-5-7-17-19-20(27(4)25-17)22(29)24-21(23-19)16-14-15(8-9-18(16)32-6-2)33(30,31)28-12-10-26(3)11-13-28;;/h2,8-9,14H,5,7,10-13H2,1,3-4H3,(H,23,24,29);2*1H. The van der Waals surface area contributed by atoms with Crippen molar-refractivity contribution in [1.82, 2.24) is 29.0 Å². The van der Waals surface area contributed by atoms with E-state index in [9.17, 15) is 13.2 Å². The summed E-state index contributed by atoms with van der Waals surface area (Å²) in [5.41, 5.74) is 1.42. The molecule has 0 radical (unpaired) electrons. The number of nitrogens with zero attached hydrogens (tertiary/aromatic N) is 5. The molecule has 0 atom stereocenters. The van der Waals surface area contributed by atoms with E-state index in [0.29, 0.717) is 49.3 Å². The number of rotatable bonds is 6. The predicted molar refractivity (Wildman–Crippen MR) is 129 cm³/mol. The van der Waals surface area contributed by atoms with Crippen LogP contribution in [0.2, 0.25) is 0 Å². The maximum atomic E-state index is 13.3. The van der Waals surface area contributed by atoms with E-state index in [4.69, 9.17) is 11.2 Å². The number of fused-ring (bicyclic) bond motifs is 1. The molecule has 3 aromatic rings. The molecular formula is C22H30N6O4S. The summed E-state index contributed by atoms with van der Waals surface area (Å²) in [7, 11) is -0.105. The first-order valence-electron chi connectivity index (χ1n) is 10.7. The Labute approximate surface area is 195 Å². The van der Waals surface area contributed by atoms with Crippen LogP contribution in [0.15, 0.2) is 27.9 Å². The smallest absolute Gasteiger partial charge is 0.277 e. The molecule has 0 bridgehead atoms. The Morgan fingerprint density at radius 3 is 2.64 bits per heavy atom. The van der Waals surface area contributed by atoms with Gasteiger partial charge in [0.25, 0.3) is 5.56 Å². The number of sulfonamides is 1. The fourth-order valence-electron chi connectivity index (χ4n) is 3.96. The second-order valence-electron chi connectivity index (χ2n) is 8.02. The fraction of sp³-hybridized carbons (Fsp3) is 0.409. The van der Waals surface area contributed by atoms with Gasteiger partial charge in [0, 0.05) is 36.1 Å². The maximum absolute atomic E-state index is 13.3. The lowest BCUT2D eigenvalue weighted by Crippen LogP contribution is -2.47. The van der Waals surface area contributed by atoms with Crippen LogP contribution >= 0.6 is 0 Å². The molecule has 4 rings (SSSR count). The summed E-state index contributed by atoms with van der Waals surface area (Å²) < 4.78 is 34.8. The van der Waals surface area contributed by atoms with Gasteiger partial charge >= 0.3 is 0 Å². The summed E-state index contributed by atoms with van der Waals surface area (Å²) in [6.07, 6.45) is 8.93. The van der Waals surface area contributed by atoms with Gasteiger partial charge in [-0.05, 0) is 31.7 Å². The molecule has 178 valence electrons. The molecule has 1 aliphatic heterocycles. The summed E-state index contributed by atoms with van der Waals surface area (Å²) in [5.74, 6) is 0.386. The highest BCUT2D eigenvalue weighted by molar-refractivity contribution is 7.89. The molecule has 0 saturated carbocycles. The van der Waals surface area contributed by atoms with E-state index in [-0.39, 0.29) is 30.4 Å². The molecular weight excluding hydrogens is 444 g/mol. The number of benzene rings is 1. The van der Waals surface area contributed by atoms with Crippen molar-refractivity contribution < 1.29 is 16.0 Å². The average molecular weight is 475 g/mol. The molecule has 0 unspecified atom stereocenters. The van der Waals surface area contributed by atoms with Crippen molar-refractivity contribution in [2.45, 2.75) is 24.7 Å². The Balaban J connectivity index is 0.00000216. The number of hydrogen-bond donors (Lipinski definition) is 1. The largest absolute Gasteiger partial charge is 0.407 e. The minimum atomic E-state index is -3.75. The molecule has 0 amide bonds. The number of nitrogens with one attached hydrogen (secondary N) is 1. The molecule has 0 aliphatic carbocycles. The van der Waals surface area contributed by atoms with Gasteiger partial charge < -0.3 is 14.6 Å². The second-order valence-corrected chi connectivity index (χ2v) is 9.96. The van der Waals surface area contributed by atoms with Crippen molar-refractivity contribution in [2.24, 2.45) is 7.05 Å². The number of aryl methyl sites for hydroxylation is 2. The minimum absolute atomic E-state index is 0. The van der Waals surface area contributed by atoms with Crippen molar-refractivity contribution in [3.63, 3.8) is 0 Å². The number of likely N-dealkylation sites (N-methyl/N-ethyl adjacent to an activating group) is 1. The van der Waals surface area contributed by atoms with Crippen molar-refractivity contribution in [3.05, 3.63) is 34.2 Å². The SMILES string of the molecule is C#COc1ccc(S(=O)(=O)N2CCN(C)CC2)cc1-c1nc2c(CCC)nn(C)c2c(=O)[nH]1.[HH].[HH]. The molecule has 1 saturated heterocycles. The van der Waals surface area contributed by atoms with Crippen LogP contribution in [0.3, 0.4) is 0 Å². The molecule has 33 heavy (non-hydrogen) atoms. The number of terminal acetylenes is 1. The first-order valence-corrected chi connectivity index (χ1v) is 12.1. The van der Waals surface area contributed by atoms with E-state index < -0.39 is 10.0 Å². The van der Waals surface area contributed by atoms with Gasteiger partial charge in [-0.2, -0.15) is 9.40 Å². The monoisotopic (exact) mass is 474 g/mol. The van der Waals surface area contributed by atoms with Crippen LogP contribution in [0, 0.1) is 12.5 Å². The van der Waals surface area contributed by atoms with Crippen molar-refractivity contribution in [3.8, 4) is 29.7 Å². The van der Waals surface area contributed by atoms with Gasteiger partial charge in [-0.1, -0.05) is 19.8 Å². The van der Waals surface area contributed by atoms with Crippen LogP contribution in [0.5, 0.6) is 5.75 Å². The number of H-pyrrole nitrogens is 1. The van der Waals surface area contributed by atoms with Gasteiger partial charge in [0.05, 0.1) is 16.2 Å². The van der Waals surface area contributed by atoms with Crippen LogP contribution in [0.4, 0.5) is 0 Å². The molecule has 11 heteroatoms. The van der Waals surface area contributed by atoms with E-state index in [1.165, 1.54) is 27.2 Å². The fourth-order valence-corrected chi connectivity index (χ4v) is 5.41. The van der Waals surface area contributed by atoms with Gasteiger partial charge in [0.15, 0.2) is 11.3 Å². The van der Waals surface area contributed by atoms with Crippen LogP contribution in [0.25, 0.3) is 22.4 Å². The third kappa shape index (κ3) is 4.25.